The van der Waals surface area contributed by atoms with E-state index in [-0.39, 0.29) is 24.0 Å². The summed E-state index contributed by atoms with van der Waals surface area (Å²) in [4.78, 5) is 15.3. The van der Waals surface area contributed by atoms with Gasteiger partial charge in [-0.25, -0.2) is 15.0 Å². The molecule has 1 atom stereocenters. The molecule has 166 valence electrons. The molecule has 9 nitrogen and oxygen atoms in total. The molecule has 30 heavy (non-hydrogen) atoms. The van der Waals surface area contributed by atoms with Crippen LogP contribution >= 0.6 is 24.0 Å². The Bertz CT molecular complexity index is 777. The van der Waals surface area contributed by atoms with Gasteiger partial charge in [0.05, 0.1) is 25.4 Å². The number of imidazole rings is 1. The summed E-state index contributed by atoms with van der Waals surface area (Å²) < 4.78 is 7.23. The number of ether oxygens (including phenoxy) is 1. The molecule has 3 N–H and O–H groups in total. The maximum Gasteiger partial charge on any atom is 0.191 e. The molecule has 1 fully saturated rings. The van der Waals surface area contributed by atoms with Crippen molar-refractivity contribution in [3.8, 4) is 5.82 Å². The molecule has 0 aliphatic carbocycles. The Morgan fingerprint density at radius 1 is 1.30 bits per heavy atom. The molecule has 3 heterocycles. The number of nitrogens with one attached hydrogen (secondary N) is 2. The van der Waals surface area contributed by atoms with Crippen LogP contribution in [-0.4, -0.2) is 82.0 Å². The van der Waals surface area contributed by atoms with Gasteiger partial charge >= 0.3 is 0 Å². The van der Waals surface area contributed by atoms with Gasteiger partial charge in [-0.3, -0.25) is 9.47 Å². The van der Waals surface area contributed by atoms with Crippen molar-refractivity contribution < 1.29 is 9.84 Å². The van der Waals surface area contributed by atoms with Crippen molar-refractivity contribution in [1.29, 1.82) is 0 Å². The highest BCUT2D eigenvalue weighted by Gasteiger charge is 2.25. The minimum Gasteiger partial charge on any atom is -0.387 e. The van der Waals surface area contributed by atoms with Crippen LogP contribution in [0.3, 0.4) is 0 Å². The SMILES string of the molecule is CCNC(=NCc1ccnc(-n2ccnc2)c1)NCC(C)(O)CN1CCOCC1.I. The van der Waals surface area contributed by atoms with Crippen molar-refractivity contribution in [1.82, 2.24) is 30.1 Å². The number of aliphatic imine (C=N–C) groups is 1. The van der Waals surface area contributed by atoms with Crippen molar-refractivity contribution in [3.63, 3.8) is 0 Å². The van der Waals surface area contributed by atoms with E-state index >= 15 is 0 Å². The van der Waals surface area contributed by atoms with E-state index in [0.29, 0.717) is 25.6 Å². The van der Waals surface area contributed by atoms with Crippen LogP contribution in [0.2, 0.25) is 0 Å². The highest BCUT2D eigenvalue weighted by atomic mass is 127. The fourth-order valence-electron chi connectivity index (χ4n) is 3.18. The average molecular weight is 529 g/mol. The number of hydrogen-bond acceptors (Lipinski definition) is 6. The van der Waals surface area contributed by atoms with Crippen LogP contribution in [0.5, 0.6) is 0 Å². The predicted molar refractivity (Wildman–Crippen MR) is 127 cm³/mol. The smallest absolute Gasteiger partial charge is 0.191 e. The van der Waals surface area contributed by atoms with Crippen LogP contribution in [0.4, 0.5) is 0 Å². The van der Waals surface area contributed by atoms with Crippen LogP contribution in [0.1, 0.15) is 19.4 Å². The number of pyridine rings is 1. The minimum atomic E-state index is -0.862. The molecule has 0 radical (unpaired) electrons. The van der Waals surface area contributed by atoms with Crippen LogP contribution in [0.15, 0.2) is 42.0 Å². The van der Waals surface area contributed by atoms with Crippen molar-refractivity contribution in [2.75, 3.05) is 45.9 Å². The molecule has 1 saturated heterocycles. The number of nitrogens with zero attached hydrogens (tertiary/aromatic N) is 5. The molecule has 1 aliphatic rings. The zero-order valence-corrected chi connectivity index (χ0v) is 20.0. The molecule has 0 aromatic carbocycles. The fraction of sp³-hybridized carbons (Fsp3) is 0.550. The number of hydrogen-bond donors (Lipinski definition) is 3. The Balaban J connectivity index is 0.00000320. The molecule has 0 spiro atoms. The Hall–Kier alpha value is -1.76. The standard InChI is InChI=1S/C20H31N7O2.HI/c1-3-22-19(25-14-20(2,28)15-26-8-10-29-11-9-26)24-13-17-4-5-23-18(12-17)27-7-6-21-16-27;/h4-7,12,16,28H,3,8-11,13-15H2,1-2H3,(H2,22,24,25);1H. The van der Waals surface area contributed by atoms with E-state index in [0.717, 1.165) is 44.2 Å². The van der Waals surface area contributed by atoms with Crippen LogP contribution in [-0.2, 0) is 11.3 Å². The first kappa shape index (κ1) is 24.5. The summed E-state index contributed by atoms with van der Waals surface area (Å²) in [5.41, 5.74) is 0.180. The summed E-state index contributed by atoms with van der Waals surface area (Å²) in [6.07, 6.45) is 7.07. The van der Waals surface area contributed by atoms with Gasteiger partial charge in [0.1, 0.15) is 12.1 Å². The van der Waals surface area contributed by atoms with E-state index in [4.69, 9.17) is 4.74 Å². The molecule has 10 heteroatoms. The summed E-state index contributed by atoms with van der Waals surface area (Å²) in [5, 5.41) is 17.3. The maximum absolute atomic E-state index is 10.8. The highest BCUT2D eigenvalue weighted by molar-refractivity contribution is 14.0. The minimum absolute atomic E-state index is 0. The number of aliphatic hydroxyl groups is 1. The topological polar surface area (TPSA) is 99.8 Å². The molecule has 2 aromatic heterocycles. The number of morpholine rings is 1. The number of aromatic nitrogens is 3. The van der Waals surface area contributed by atoms with Crippen molar-refractivity contribution in [3.05, 3.63) is 42.6 Å². The largest absolute Gasteiger partial charge is 0.387 e. The quantitative estimate of drug-likeness (QED) is 0.267. The number of β-amino-alcohol motifs (C(OH)–C–C–N with tert-alkyl or cyclic N) is 1. The Kier molecular flexibility index (Phi) is 9.95. The van der Waals surface area contributed by atoms with Crippen LogP contribution in [0.25, 0.3) is 5.82 Å². The van der Waals surface area contributed by atoms with Gasteiger partial charge in [0, 0.05) is 51.3 Å². The van der Waals surface area contributed by atoms with Gasteiger partial charge in [0.25, 0.3) is 0 Å². The van der Waals surface area contributed by atoms with Gasteiger partial charge in [-0.05, 0) is 31.5 Å². The predicted octanol–water partition coefficient (Wildman–Crippen LogP) is 1.02. The van der Waals surface area contributed by atoms with Crippen LogP contribution in [0, 0.1) is 0 Å². The summed E-state index contributed by atoms with van der Waals surface area (Å²) in [6.45, 7) is 9.28. The monoisotopic (exact) mass is 529 g/mol. The molecule has 3 rings (SSSR count). The van der Waals surface area contributed by atoms with Crippen molar-refractivity contribution in [2.45, 2.75) is 26.0 Å². The summed E-state index contributed by atoms with van der Waals surface area (Å²) in [7, 11) is 0. The fourth-order valence-corrected chi connectivity index (χ4v) is 3.18. The molecular formula is C20H32IN7O2. The van der Waals surface area contributed by atoms with Gasteiger partial charge in [-0.1, -0.05) is 0 Å². The molecule has 0 amide bonds. The van der Waals surface area contributed by atoms with E-state index in [1.807, 2.05) is 36.7 Å². The average Bonchev–Trinajstić information content (AvgIpc) is 3.26. The van der Waals surface area contributed by atoms with Gasteiger partial charge in [-0.2, -0.15) is 0 Å². The number of guanidine groups is 1. The lowest BCUT2D eigenvalue weighted by atomic mass is 10.1. The normalized spacial score (nSPS) is 17.1. The van der Waals surface area contributed by atoms with E-state index in [2.05, 4.69) is 30.5 Å². The first-order chi connectivity index (χ1) is 14.1. The molecule has 0 saturated carbocycles. The second kappa shape index (κ2) is 12.2. The molecular weight excluding hydrogens is 497 g/mol. The maximum atomic E-state index is 10.8. The first-order valence-electron chi connectivity index (χ1n) is 10.0. The third kappa shape index (κ3) is 7.82. The van der Waals surface area contributed by atoms with E-state index in [1.54, 1.807) is 18.7 Å². The van der Waals surface area contributed by atoms with Gasteiger partial charge < -0.3 is 20.5 Å². The van der Waals surface area contributed by atoms with Gasteiger partial charge in [0.2, 0.25) is 0 Å². The van der Waals surface area contributed by atoms with Gasteiger partial charge in [-0.15, -0.1) is 24.0 Å². The molecule has 2 aromatic rings. The van der Waals surface area contributed by atoms with Crippen molar-refractivity contribution in [2.24, 2.45) is 4.99 Å². The Morgan fingerprint density at radius 3 is 2.80 bits per heavy atom. The van der Waals surface area contributed by atoms with E-state index < -0.39 is 5.60 Å². The highest BCUT2D eigenvalue weighted by Crippen LogP contribution is 2.09. The summed E-state index contributed by atoms with van der Waals surface area (Å²) >= 11 is 0. The second-order valence-electron chi connectivity index (χ2n) is 7.43. The molecule has 1 unspecified atom stereocenters. The zero-order chi connectivity index (χ0) is 20.5. The lowest BCUT2D eigenvalue weighted by Crippen LogP contribution is -2.52. The third-order valence-corrected chi connectivity index (χ3v) is 4.65. The van der Waals surface area contributed by atoms with Crippen LogP contribution < -0.4 is 10.6 Å². The van der Waals surface area contributed by atoms with E-state index in [1.165, 1.54) is 0 Å². The number of rotatable bonds is 8. The zero-order valence-electron chi connectivity index (χ0n) is 17.6. The lowest BCUT2D eigenvalue weighted by molar-refractivity contribution is -0.0201. The third-order valence-electron chi connectivity index (χ3n) is 4.65. The Morgan fingerprint density at radius 2 is 2.10 bits per heavy atom. The van der Waals surface area contributed by atoms with Crippen molar-refractivity contribution >= 4 is 29.9 Å². The summed E-state index contributed by atoms with van der Waals surface area (Å²) in [5.74, 6) is 1.48. The first-order valence-corrected chi connectivity index (χ1v) is 10.0. The molecule has 1 aliphatic heterocycles. The molecule has 0 bridgehead atoms. The summed E-state index contributed by atoms with van der Waals surface area (Å²) in [6, 6.07) is 3.94. The van der Waals surface area contributed by atoms with E-state index in [9.17, 15) is 5.11 Å². The van der Waals surface area contributed by atoms with Gasteiger partial charge in [0.15, 0.2) is 5.96 Å². The second-order valence-corrected chi connectivity index (χ2v) is 7.43. The number of halogens is 1. The Labute approximate surface area is 195 Å². The lowest BCUT2D eigenvalue weighted by Gasteiger charge is -2.34.